The van der Waals surface area contributed by atoms with Crippen LogP contribution in [-0.4, -0.2) is 32.4 Å². The molecule has 0 spiro atoms. The van der Waals surface area contributed by atoms with Crippen molar-refractivity contribution >= 4 is 17.6 Å². The van der Waals surface area contributed by atoms with Crippen molar-refractivity contribution in [1.82, 2.24) is 19.3 Å². The van der Waals surface area contributed by atoms with Gasteiger partial charge >= 0.3 is 6.18 Å². The summed E-state index contributed by atoms with van der Waals surface area (Å²) in [6, 6.07) is 12.5. The van der Waals surface area contributed by atoms with Gasteiger partial charge < -0.3 is 19.4 Å². The van der Waals surface area contributed by atoms with Crippen LogP contribution >= 0.6 is 11.6 Å². The van der Waals surface area contributed by atoms with Crippen molar-refractivity contribution in [3.8, 4) is 23.3 Å². The van der Waals surface area contributed by atoms with Crippen LogP contribution in [0.5, 0.6) is 17.2 Å². The zero-order valence-electron chi connectivity index (χ0n) is 20.8. The van der Waals surface area contributed by atoms with E-state index in [9.17, 15) is 32.7 Å². The third kappa shape index (κ3) is 6.53. The standard InChI is InChI=1S/C26H17ClF3N5O6/c1-40-18-4-2-14(3-5-18)11-35-23(36)20(25(38)39)9-17(33-35)12-34-13-32-22(26(28,29)30)21(24(34)37)41-19-7-15(10-31)6-16(27)8-19/h2-9,13H,11-12H2,1H3,(H,38,39)/p-1. The minimum Gasteiger partial charge on any atom is -0.545 e. The Hall–Kier alpha value is -5.16. The number of carboxylic acid groups (broad SMARTS) is 1. The molecule has 0 saturated carbocycles. The number of hydrogen-bond acceptors (Lipinski definition) is 9. The van der Waals surface area contributed by atoms with Gasteiger partial charge in [0.05, 0.1) is 55.4 Å². The van der Waals surface area contributed by atoms with E-state index in [2.05, 4.69) is 10.1 Å². The van der Waals surface area contributed by atoms with E-state index < -0.39 is 46.8 Å². The number of alkyl halides is 3. The number of nitriles is 1. The molecular weight excluding hydrogens is 571 g/mol. The van der Waals surface area contributed by atoms with Gasteiger partial charge in [0, 0.05) is 5.02 Å². The molecular formula is C26H16ClF3N5O6-. The van der Waals surface area contributed by atoms with E-state index in [1.807, 2.05) is 0 Å². The van der Waals surface area contributed by atoms with Gasteiger partial charge in [-0.2, -0.15) is 23.5 Å². The van der Waals surface area contributed by atoms with E-state index in [4.69, 9.17) is 26.3 Å². The molecule has 0 atom stereocenters. The molecule has 0 radical (unpaired) electrons. The molecule has 2 aromatic heterocycles. The summed E-state index contributed by atoms with van der Waals surface area (Å²) < 4.78 is 52.9. The van der Waals surface area contributed by atoms with Crippen molar-refractivity contribution in [1.29, 1.82) is 5.26 Å². The second kappa shape index (κ2) is 11.5. The second-order valence-electron chi connectivity index (χ2n) is 8.39. The average molecular weight is 587 g/mol. The maximum absolute atomic E-state index is 13.7. The molecule has 15 heteroatoms. The second-order valence-corrected chi connectivity index (χ2v) is 8.83. The first-order chi connectivity index (χ1) is 19.4. The summed E-state index contributed by atoms with van der Waals surface area (Å²) in [5, 5.41) is 24.8. The maximum atomic E-state index is 13.7. The van der Waals surface area contributed by atoms with Crippen molar-refractivity contribution in [3.63, 3.8) is 0 Å². The molecule has 4 rings (SSSR count). The van der Waals surface area contributed by atoms with Gasteiger partial charge in [-0.3, -0.25) is 14.2 Å². The van der Waals surface area contributed by atoms with Crippen molar-refractivity contribution in [2.75, 3.05) is 7.11 Å². The molecule has 210 valence electrons. The van der Waals surface area contributed by atoms with Gasteiger partial charge in [-0.1, -0.05) is 23.7 Å². The van der Waals surface area contributed by atoms with Gasteiger partial charge in [-0.15, -0.1) is 0 Å². The van der Waals surface area contributed by atoms with E-state index in [0.717, 1.165) is 22.9 Å². The molecule has 11 nitrogen and oxygen atoms in total. The van der Waals surface area contributed by atoms with Gasteiger partial charge in [-0.05, 0) is 42.0 Å². The Morgan fingerprint density at radius 3 is 2.39 bits per heavy atom. The van der Waals surface area contributed by atoms with Crippen molar-refractivity contribution in [3.05, 3.63) is 109 Å². The number of ether oxygens (including phenoxy) is 2. The molecule has 0 unspecified atom stereocenters. The molecule has 0 aliphatic carbocycles. The summed E-state index contributed by atoms with van der Waals surface area (Å²) in [7, 11) is 1.46. The minimum atomic E-state index is -5.10. The molecule has 2 aromatic carbocycles. The molecule has 0 N–H and O–H groups in total. The Bertz CT molecular complexity index is 1800. The summed E-state index contributed by atoms with van der Waals surface area (Å²) in [5.41, 5.74) is -4.41. The smallest absolute Gasteiger partial charge is 0.437 e. The van der Waals surface area contributed by atoms with Crippen LogP contribution in [0.1, 0.15) is 32.9 Å². The monoisotopic (exact) mass is 586 g/mol. The Balaban J connectivity index is 1.77. The Morgan fingerprint density at radius 1 is 1.07 bits per heavy atom. The summed E-state index contributed by atoms with van der Waals surface area (Å²) in [6.07, 6.45) is -4.52. The molecule has 0 amide bonds. The highest BCUT2D eigenvalue weighted by Crippen LogP contribution is 2.35. The number of halogens is 4. The van der Waals surface area contributed by atoms with Crippen LogP contribution in [0.2, 0.25) is 5.02 Å². The molecule has 41 heavy (non-hydrogen) atoms. The lowest BCUT2D eigenvalue weighted by Gasteiger charge is -2.16. The molecule has 0 aliphatic heterocycles. The van der Waals surface area contributed by atoms with Crippen LogP contribution in [0.3, 0.4) is 0 Å². The van der Waals surface area contributed by atoms with Gasteiger partial charge in [0.2, 0.25) is 5.75 Å². The van der Waals surface area contributed by atoms with Gasteiger partial charge in [-0.25, -0.2) is 9.67 Å². The van der Waals surface area contributed by atoms with Gasteiger partial charge in [0.15, 0.2) is 5.69 Å². The van der Waals surface area contributed by atoms with E-state index in [1.165, 1.54) is 13.2 Å². The minimum absolute atomic E-state index is 0.0325. The molecule has 2 heterocycles. The van der Waals surface area contributed by atoms with Crippen LogP contribution in [0, 0.1) is 11.3 Å². The Morgan fingerprint density at radius 2 is 1.78 bits per heavy atom. The van der Waals surface area contributed by atoms with Crippen molar-refractivity contribution in [2.45, 2.75) is 19.3 Å². The van der Waals surface area contributed by atoms with E-state index in [0.29, 0.717) is 22.2 Å². The van der Waals surface area contributed by atoms with Gasteiger partial charge in [0.25, 0.3) is 11.1 Å². The largest absolute Gasteiger partial charge is 0.545 e. The predicted octanol–water partition coefficient (Wildman–Crippen LogP) is 2.60. The predicted molar refractivity (Wildman–Crippen MR) is 134 cm³/mol. The Labute approximate surface area is 233 Å². The van der Waals surface area contributed by atoms with Crippen molar-refractivity contribution < 1.29 is 32.5 Å². The number of carboxylic acids is 1. The SMILES string of the molecule is COc1ccc(Cn2nc(Cn3cnc(C(F)(F)F)c(Oc4cc(Cl)cc(C#N)c4)c3=O)cc(C(=O)[O-])c2=O)cc1. The van der Waals surface area contributed by atoms with E-state index in [1.54, 1.807) is 30.3 Å². The van der Waals surface area contributed by atoms with Crippen LogP contribution in [0.25, 0.3) is 0 Å². The van der Waals surface area contributed by atoms with Crippen LogP contribution in [-0.2, 0) is 19.3 Å². The van der Waals surface area contributed by atoms with Crippen molar-refractivity contribution in [2.24, 2.45) is 0 Å². The lowest BCUT2D eigenvalue weighted by Crippen LogP contribution is -2.36. The van der Waals surface area contributed by atoms with E-state index >= 15 is 0 Å². The lowest BCUT2D eigenvalue weighted by atomic mass is 10.2. The summed E-state index contributed by atoms with van der Waals surface area (Å²) in [5.74, 6) is -2.84. The fourth-order valence-electron chi connectivity index (χ4n) is 3.69. The highest BCUT2D eigenvalue weighted by molar-refractivity contribution is 6.30. The number of hydrogen-bond donors (Lipinski definition) is 0. The zero-order chi connectivity index (χ0) is 29.9. The van der Waals surface area contributed by atoms with E-state index in [-0.39, 0.29) is 28.6 Å². The first kappa shape index (κ1) is 28.8. The number of benzene rings is 2. The number of rotatable bonds is 8. The fraction of sp³-hybridized carbons (Fsp3) is 0.154. The third-order valence-electron chi connectivity index (χ3n) is 5.55. The fourth-order valence-corrected chi connectivity index (χ4v) is 3.91. The third-order valence-corrected chi connectivity index (χ3v) is 5.77. The highest BCUT2D eigenvalue weighted by atomic mass is 35.5. The molecule has 0 aliphatic rings. The summed E-state index contributed by atoms with van der Waals surface area (Å²) >= 11 is 5.90. The quantitative estimate of drug-likeness (QED) is 0.303. The normalized spacial score (nSPS) is 11.1. The number of methoxy groups -OCH3 is 1. The number of nitrogens with zero attached hydrogens (tertiary/aromatic N) is 5. The maximum Gasteiger partial charge on any atom is 0.437 e. The number of aromatic nitrogens is 4. The number of carbonyl (C=O) groups excluding carboxylic acids is 1. The lowest BCUT2D eigenvalue weighted by molar-refractivity contribution is -0.255. The highest BCUT2D eigenvalue weighted by Gasteiger charge is 2.39. The number of carbonyl (C=O) groups is 1. The zero-order valence-corrected chi connectivity index (χ0v) is 21.6. The first-order valence-electron chi connectivity index (χ1n) is 11.4. The average Bonchev–Trinajstić information content (AvgIpc) is 2.91. The molecule has 0 saturated heterocycles. The topological polar surface area (TPSA) is 152 Å². The summed E-state index contributed by atoms with van der Waals surface area (Å²) in [4.78, 5) is 40.8. The molecule has 0 fully saturated rings. The summed E-state index contributed by atoms with van der Waals surface area (Å²) in [6.45, 7) is -0.774. The first-order valence-corrected chi connectivity index (χ1v) is 11.8. The van der Waals surface area contributed by atoms with Gasteiger partial charge in [0.1, 0.15) is 11.5 Å². The Kier molecular flexibility index (Phi) is 8.11. The molecule has 4 aromatic rings. The van der Waals surface area contributed by atoms with Crippen LogP contribution < -0.4 is 25.7 Å². The number of aromatic carboxylic acids is 1. The molecule has 0 bridgehead atoms. The van der Waals surface area contributed by atoms with Crippen LogP contribution in [0.15, 0.2) is 64.4 Å². The van der Waals surface area contributed by atoms with Crippen LogP contribution in [0.4, 0.5) is 13.2 Å².